The summed E-state index contributed by atoms with van der Waals surface area (Å²) in [7, 11) is 0. The van der Waals surface area contributed by atoms with E-state index in [4.69, 9.17) is 0 Å². The van der Waals surface area contributed by atoms with Crippen LogP contribution in [-0.2, 0) is 0 Å². The Labute approximate surface area is 85.5 Å². The van der Waals surface area contributed by atoms with Crippen molar-refractivity contribution in [3.63, 3.8) is 0 Å². The van der Waals surface area contributed by atoms with Gasteiger partial charge in [0.2, 0.25) is 0 Å². The summed E-state index contributed by atoms with van der Waals surface area (Å²) < 4.78 is 0. The number of rotatable bonds is 3. The molecule has 1 aromatic carbocycles. The fourth-order valence-corrected chi connectivity index (χ4v) is 1.06. The third-order valence-electron chi connectivity index (χ3n) is 2.33. The van der Waals surface area contributed by atoms with Gasteiger partial charge < -0.3 is 0 Å². The van der Waals surface area contributed by atoms with Crippen LogP contribution in [0.25, 0.3) is 0 Å². The number of allylic oxidation sites excluding steroid dienone is 2. The summed E-state index contributed by atoms with van der Waals surface area (Å²) in [6.07, 6.45) is 1.72. The first kappa shape index (κ1) is 10.7. The SMILES string of the molecule is C/C(=C/C(=O)c1ccccc1)C(C)C. The van der Waals surface area contributed by atoms with Crippen molar-refractivity contribution >= 4 is 5.78 Å². The smallest absolute Gasteiger partial charge is 0.185 e. The molecule has 0 aliphatic rings. The van der Waals surface area contributed by atoms with Crippen LogP contribution in [0.3, 0.4) is 0 Å². The van der Waals surface area contributed by atoms with Crippen molar-refractivity contribution in [1.82, 2.24) is 0 Å². The van der Waals surface area contributed by atoms with Crippen LogP contribution in [0.2, 0.25) is 0 Å². The second-order valence-electron chi connectivity index (χ2n) is 3.77. The molecule has 0 heterocycles. The van der Waals surface area contributed by atoms with Crippen LogP contribution in [0.5, 0.6) is 0 Å². The van der Waals surface area contributed by atoms with Gasteiger partial charge in [-0.3, -0.25) is 4.79 Å². The highest BCUT2D eigenvalue weighted by Gasteiger charge is 2.03. The molecule has 0 aliphatic carbocycles. The molecule has 0 aromatic heterocycles. The van der Waals surface area contributed by atoms with Crippen LogP contribution in [0, 0.1) is 5.92 Å². The normalized spacial score (nSPS) is 11.9. The molecule has 0 saturated heterocycles. The van der Waals surface area contributed by atoms with E-state index >= 15 is 0 Å². The van der Waals surface area contributed by atoms with Gasteiger partial charge in [0, 0.05) is 5.56 Å². The van der Waals surface area contributed by atoms with E-state index in [1.165, 1.54) is 0 Å². The average Bonchev–Trinajstić information content (AvgIpc) is 2.19. The maximum absolute atomic E-state index is 11.7. The predicted molar refractivity (Wildman–Crippen MR) is 59.4 cm³/mol. The molecule has 14 heavy (non-hydrogen) atoms. The van der Waals surface area contributed by atoms with Crippen molar-refractivity contribution in [3.8, 4) is 0 Å². The van der Waals surface area contributed by atoms with E-state index in [-0.39, 0.29) is 5.78 Å². The molecule has 1 nitrogen and oxygen atoms in total. The minimum absolute atomic E-state index is 0.0943. The van der Waals surface area contributed by atoms with E-state index < -0.39 is 0 Å². The van der Waals surface area contributed by atoms with Gasteiger partial charge >= 0.3 is 0 Å². The van der Waals surface area contributed by atoms with Crippen LogP contribution >= 0.6 is 0 Å². The minimum Gasteiger partial charge on any atom is -0.289 e. The quantitative estimate of drug-likeness (QED) is 0.524. The summed E-state index contributed by atoms with van der Waals surface area (Å²) in [5, 5.41) is 0. The molecule has 0 spiro atoms. The maximum Gasteiger partial charge on any atom is 0.185 e. The lowest BCUT2D eigenvalue weighted by Crippen LogP contribution is -1.98. The van der Waals surface area contributed by atoms with E-state index in [1.807, 2.05) is 37.3 Å². The van der Waals surface area contributed by atoms with Crippen LogP contribution < -0.4 is 0 Å². The van der Waals surface area contributed by atoms with Crippen LogP contribution in [0.4, 0.5) is 0 Å². The number of ketones is 1. The van der Waals surface area contributed by atoms with Gasteiger partial charge in [0.15, 0.2) is 5.78 Å². The summed E-state index contributed by atoms with van der Waals surface area (Å²) in [4.78, 5) is 11.7. The Morgan fingerprint density at radius 1 is 1.21 bits per heavy atom. The van der Waals surface area contributed by atoms with Crippen molar-refractivity contribution in [1.29, 1.82) is 0 Å². The Hall–Kier alpha value is -1.37. The number of hydrogen-bond donors (Lipinski definition) is 0. The first-order valence-electron chi connectivity index (χ1n) is 4.89. The van der Waals surface area contributed by atoms with Crippen LogP contribution in [0.15, 0.2) is 42.0 Å². The lowest BCUT2D eigenvalue weighted by atomic mass is 10.0. The van der Waals surface area contributed by atoms with Gasteiger partial charge in [-0.1, -0.05) is 49.8 Å². The third-order valence-corrected chi connectivity index (χ3v) is 2.33. The largest absolute Gasteiger partial charge is 0.289 e. The van der Waals surface area contributed by atoms with E-state index in [0.29, 0.717) is 5.92 Å². The van der Waals surface area contributed by atoms with Gasteiger partial charge in [-0.15, -0.1) is 0 Å². The average molecular weight is 188 g/mol. The summed E-state index contributed by atoms with van der Waals surface area (Å²) in [6, 6.07) is 9.35. The van der Waals surface area contributed by atoms with Gasteiger partial charge in [-0.25, -0.2) is 0 Å². The van der Waals surface area contributed by atoms with Gasteiger partial charge in [0.1, 0.15) is 0 Å². The summed E-state index contributed by atoms with van der Waals surface area (Å²) in [5.41, 5.74) is 1.88. The Kier molecular flexibility index (Phi) is 3.63. The van der Waals surface area contributed by atoms with Crippen molar-refractivity contribution in [3.05, 3.63) is 47.5 Å². The Bertz CT molecular complexity index is 334. The summed E-state index contributed by atoms with van der Waals surface area (Å²) >= 11 is 0. The van der Waals surface area contributed by atoms with Gasteiger partial charge in [-0.05, 0) is 18.9 Å². The minimum atomic E-state index is 0.0943. The predicted octanol–water partition coefficient (Wildman–Crippen LogP) is 3.47. The number of benzene rings is 1. The molecule has 0 aliphatic heterocycles. The zero-order valence-electron chi connectivity index (χ0n) is 8.95. The molecule has 0 atom stereocenters. The Balaban J connectivity index is 2.83. The molecule has 0 radical (unpaired) electrons. The number of carbonyl (C=O) groups is 1. The molecule has 0 bridgehead atoms. The van der Waals surface area contributed by atoms with Crippen LogP contribution in [-0.4, -0.2) is 5.78 Å². The first-order chi connectivity index (χ1) is 6.61. The summed E-state index contributed by atoms with van der Waals surface area (Å²) in [6.45, 7) is 6.17. The standard InChI is InChI=1S/C13H16O/c1-10(2)11(3)9-13(14)12-7-5-4-6-8-12/h4-10H,1-3H3/b11-9-. The number of carbonyl (C=O) groups excluding carboxylic acids is 1. The molecule has 0 N–H and O–H groups in total. The molecule has 0 saturated carbocycles. The molecule has 0 unspecified atom stereocenters. The fraction of sp³-hybridized carbons (Fsp3) is 0.308. The second-order valence-corrected chi connectivity index (χ2v) is 3.77. The highest BCUT2D eigenvalue weighted by atomic mass is 16.1. The van der Waals surface area contributed by atoms with Gasteiger partial charge in [-0.2, -0.15) is 0 Å². The summed E-state index contributed by atoms with van der Waals surface area (Å²) in [5.74, 6) is 0.527. The Morgan fingerprint density at radius 2 is 1.79 bits per heavy atom. The van der Waals surface area contributed by atoms with Crippen LogP contribution in [0.1, 0.15) is 31.1 Å². The van der Waals surface area contributed by atoms with E-state index in [1.54, 1.807) is 6.08 Å². The number of hydrogen-bond acceptors (Lipinski definition) is 1. The lowest BCUT2D eigenvalue weighted by Gasteiger charge is -2.03. The molecule has 1 aromatic rings. The molecular formula is C13H16O. The Morgan fingerprint density at radius 3 is 2.29 bits per heavy atom. The molecular weight excluding hydrogens is 172 g/mol. The topological polar surface area (TPSA) is 17.1 Å². The van der Waals surface area contributed by atoms with Crippen molar-refractivity contribution in [2.24, 2.45) is 5.92 Å². The fourth-order valence-electron chi connectivity index (χ4n) is 1.06. The first-order valence-corrected chi connectivity index (χ1v) is 4.89. The highest BCUT2D eigenvalue weighted by molar-refractivity contribution is 6.04. The van der Waals surface area contributed by atoms with Gasteiger partial charge in [0.25, 0.3) is 0 Å². The molecule has 1 rings (SSSR count). The van der Waals surface area contributed by atoms with Crippen molar-refractivity contribution < 1.29 is 4.79 Å². The molecule has 0 fully saturated rings. The maximum atomic E-state index is 11.7. The molecule has 74 valence electrons. The lowest BCUT2D eigenvalue weighted by molar-refractivity contribution is 0.104. The van der Waals surface area contributed by atoms with E-state index in [2.05, 4.69) is 13.8 Å². The monoisotopic (exact) mass is 188 g/mol. The van der Waals surface area contributed by atoms with E-state index in [0.717, 1.165) is 11.1 Å². The second kappa shape index (κ2) is 4.75. The van der Waals surface area contributed by atoms with Crippen molar-refractivity contribution in [2.75, 3.05) is 0 Å². The zero-order chi connectivity index (χ0) is 10.6. The third kappa shape index (κ3) is 2.84. The molecule has 1 heteroatoms. The molecule has 0 amide bonds. The zero-order valence-corrected chi connectivity index (χ0v) is 8.95. The highest BCUT2D eigenvalue weighted by Crippen LogP contribution is 2.10. The van der Waals surface area contributed by atoms with Crippen molar-refractivity contribution in [2.45, 2.75) is 20.8 Å². The van der Waals surface area contributed by atoms with Gasteiger partial charge in [0.05, 0.1) is 0 Å². The van der Waals surface area contributed by atoms with E-state index in [9.17, 15) is 4.79 Å².